The summed E-state index contributed by atoms with van der Waals surface area (Å²) in [4.78, 5) is 0. The van der Waals surface area contributed by atoms with Gasteiger partial charge in [0.1, 0.15) is 0 Å². The minimum atomic E-state index is 0.290. The van der Waals surface area contributed by atoms with Crippen LogP contribution in [0.4, 0.5) is 0 Å². The third kappa shape index (κ3) is 1.36. The highest BCUT2D eigenvalue weighted by Gasteiger charge is 2.17. The third-order valence-electron chi connectivity index (χ3n) is 1.76. The molecule has 0 spiro atoms. The van der Waals surface area contributed by atoms with Gasteiger partial charge in [0.15, 0.2) is 0 Å². The van der Waals surface area contributed by atoms with E-state index in [9.17, 15) is 0 Å². The number of allylic oxidation sites excluding steroid dienone is 2. The lowest BCUT2D eigenvalue weighted by Gasteiger charge is -1.93. The monoisotopic (exact) mass is 135 g/mol. The van der Waals surface area contributed by atoms with Crippen LogP contribution in [0.2, 0.25) is 0 Å². The molecule has 0 aromatic carbocycles. The van der Waals surface area contributed by atoms with Gasteiger partial charge in [-0.1, -0.05) is 30.9 Å². The lowest BCUT2D eigenvalue weighted by Crippen LogP contribution is -2.13. The summed E-state index contributed by atoms with van der Waals surface area (Å²) < 4.78 is 0. The molecule has 0 bridgehead atoms. The first-order valence-corrected chi connectivity index (χ1v) is 3.49. The molecular formula is C9H13N. The van der Waals surface area contributed by atoms with Crippen LogP contribution < -0.4 is 5.73 Å². The fourth-order valence-electron chi connectivity index (χ4n) is 1.27. The van der Waals surface area contributed by atoms with E-state index in [4.69, 9.17) is 5.73 Å². The molecule has 0 aromatic heterocycles. The average molecular weight is 135 g/mol. The SMILES string of the molecule is C=C/C=C1/CC(N)CC1=C. The Kier molecular flexibility index (Phi) is 2.07. The van der Waals surface area contributed by atoms with Crippen LogP contribution in [-0.2, 0) is 0 Å². The second kappa shape index (κ2) is 2.84. The Bertz CT molecular complexity index is 189. The number of hydrogen-bond acceptors (Lipinski definition) is 1. The Labute approximate surface area is 61.9 Å². The second-order valence-electron chi connectivity index (χ2n) is 2.70. The highest BCUT2D eigenvalue weighted by Crippen LogP contribution is 2.27. The smallest absolute Gasteiger partial charge is 0.0120 e. The van der Waals surface area contributed by atoms with Crippen molar-refractivity contribution in [1.29, 1.82) is 0 Å². The fraction of sp³-hybridized carbons (Fsp3) is 0.333. The maximum Gasteiger partial charge on any atom is 0.0120 e. The second-order valence-corrected chi connectivity index (χ2v) is 2.70. The lowest BCUT2D eigenvalue weighted by molar-refractivity contribution is 0.735. The normalized spacial score (nSPS) is 29.5. The molecular weight excluding hydrogens is 122 g/mol. The summed E-state index contributed by atoms with van der Waals surface area (Å²) in [6, 6.07) is 0.290. The van der Waals surface area contributed by atoms with Gasteiger partial charge in [-0.3, -0.25) is 0 Å². The highest BCUT2D eigenvalue weighted by molar-refractivity contribution is 5.36. The lowest BCUT2D eigenvalue weighted by atomic mass is 10.1. The zero-order chi connectivity index (χ0) is 7.56. The molecule has 0 radical (unpaired) electrons. The molecule has 1 nitrogen and oxygen atoms in total. The van der Waals surface area contributed by atoms with Gasteiger partial charge in [-0.15, -0.1) is 0 Å². The van der Waals surface area contributed by atoms with Crippen LogP contribution in [0.15, 0.2) is 36.5 Å². The maximum atomic E-state index is 5.71. The van der Waals surface area contributed by atoms with Crippen LogP contribution in [0.1, 0.15) is 12.8 Å². The van der Waals surface area contributed by atoms with Crippen LogP contribution in [0.25, 0.3) is 0 Å². The van der Waals surface area contributed by atoms with Crippen LogP contribution in [0, 0.1) is 0 Å². The fourth-order valence-corrected chi connectivity index (χ4v) is 1.27. The molecule has 1 fully saturated rings. The molecule has 2 N–H and O–H groups in total. The summed E-state index contributed by atoms with van der Waals surface area (Å²) in [6.07, 6.45) is 5.69. The van der Waals surface area contributed by atoms with Gasteiger partial charge >= 0.3 is 0 Å². The largest absolute Gasteiger partial charge is 0.327 e. The van der Waals surface area contributed by atoms with Crippen molar-refractivity contribution >= 4 is 0 Å². The first-order chi connectivity index (χ1) is 4.74. The molecule has 0 aliphatic heterocycles. The number of nitrogens with two attached hydrogens (primary N) is 1. The Balaban J connectivity index is 2.72. The Morgan fingerprint density at radius 2 is 2.20 bits per heavy atom. The van der Waals surface area contributed by atoms with Gasteiger partial charge in [0, 0.05) is 6.04 Å². The van der Waals surface area contributed by atoms with E-state index in [1.54, 1.807) is 6.08 Å². The van der Waals surface area contributed by atoms with E-state index in [-0.39, 0.29) is 0 Å². The van der Waals surface area contributed by atoms with E-state index in [0.29, 0.717) is 6.04 Å². The molecule has 0 saturated heterocycles. The van der Waals surface area contributed by atoms with E-state index < -0.39 is 0 Å². The highest BCUT2D eigenvalue weighted by atomic mass is 14.6. The van der Waals surface area contributed by atoms with E-state index >= 15 is 0 Å². The number of hydrogen-bond donors (Lipinski definition) is 1. The Morgan fingerprint density at radius 3 is 2.60 bits per heavy atom. The van der Waals surface area contributed by atoms with Gasteiger partial charge < -0.3 is 5.73 Å². The van der Waals surface area contributed by atoms with Crippen molar-refractivity contribution in [2.24, 2.45) is 5.73 Å². The van der Waals surface area contributed by atoms with E-state index in [1.165, 1.54) is 11.1 Å². The summed E-state index contributed by atoms with van der Waals surface area (Å²) in [6.45, 7) is 7.53. The summed E-state index contributed by atoms with van der Waals surface area (Å²) in [5.41, 5.74) is 8.15. The zero-order valence-corrected chi connectivity index (χ0v) is 6.14. The number of rotatable bonds is 1. The predicted molar refractivity (Wildman–Crippen MR) is 44.6 cm³/mol. The molecule has 1 atom stereocenters. The minimum absolute atomic E-state index is 0.290. The average Bonchev–Trinajstić information content (AvgIpc) is 2.13. The first kappa shape index (κ1) is 7.29. The zero-order valence-electron chi connectivity index (χ0n) is 6.14. The van der Waals surface area contributed by atoms with Crippen molar-refractivity contribution in [2.45, 2.75) is 18.9 Å². The minimum Gasteiger partial charge on any atom is -0.327 e. The molecule has 10 heavy (non-hydrogen) atoms. The van der Waals surface area contributed by atoms with Gasteiger partial charge in [0.25, 0.3) is 0 Å². The summed E-state index contributed by atoms with van der Waals surface area (Å²) in [7, 11) is 0. The van der Waals surface area contributed by atoms with Gasteiger partial charge in [0.05, 0.1) is 0 Å². The van der Waals surface area contributed by atoms with E-state index in [2.05, 4.69) is 13.2 Å². The quantitative estimate of drug-likeness (QED) is 0.582. The third-order valence-corrected chi connectivity index (χ3v) is 1.76. The standard InChI is InChI=1S/C9H13N/c1-3-4-8-6-9(10)5-7(8)2/h3-4,9H,1-2,5-6,10H2/b8-4-. The molecule has 1 unspecified atom stereocenters. The maximum absolute atomic E-state index is 5.71. The first-order valence-electron chi connectivity index (χ1n) is 3.49. The summed E-state index contributed by atoms with van der Waals surface area (Å²) in [5, 5.41) is 0. The van der Waals surface area contributed by atoms with Crippen molar-refractivity contribution in [3.63, 3.8) is 0 Å². The van der Waals surface area contributed by atoms with Crippen molar-refractivity contribution in [3.8, 4) is 0 Å². The van der Waals surface area contributed by atoms with Crippen molar-refractivity contribution in [1.82, 2.24) is 0 Å². The molecule has 1 aliphatic carbocycles. The topological polar surface area (TPSA) is 26.0 Å². The predicted octanol–water partition coefficient (Wildman–Crippen LogP) is 1.78. The van der Waals surface area contributed by atoms with E-state index in [0.717, 1.165) is 12.8 Å². The molecule has 1 heteroatoms. The van der Waals surface area contributed by atoms with E-state index in [1.807, 2.05) is 6.08 Å². The van der Waals surface area contributed by atoms with Gasteiger partial charge in [-0.05, 0) is 18.4 Å². The van der Waals surface area contributed by atoms with Crippen molar-refractivity contribution < 1.29 is 0 Å². The van der Waals surface area contributed by atoms with Crippen LogP contribution in [0.3, 0.4) is 0 Å². The molecule has 0 aromatic rings. The van der Waals surface area contributed by atoms with Crippen molar-refractivity contribution in [2.75, 3.05) is 0 Å². The van der Waals surface area contributed by atoms with Gasteiger partial charge in [-0.2, -0.15) is 0 Å². The Morgan fingerprint density at radius 1 is 1.50 bits per heavy atom. The summed E-state index contributed by atoms with van der Waals surface area (Å²) >= 11 is 0. The van der Waals surface area contributed by atoms with Gasteiger partial charge in [-0.25, -0.2) is 0 Å². The van der Waals surface area contributed by atoms with Crippen LogP contribution in [0.5, 0.6) is 0 Å². The summed E-state index contributed by atoms with van der Waals surface area (Å²) in [5.74, 6) is 0. The van der Waals surface area contributed by atoms with Crippen LogP contribution in [-0.4, -0.2) is 6.04 Å². The van der Waals surface area contributed by atoms with Gasteiger partial charge in [0.2, 0.25) is 0 Å². The molecule has 0 heterocycles. The molecule has 1 rings (SSSR count). The molecule has 54 valence electrons. The van der Waals surface area contributed by atoms with Crippen molar-refractivity contribution in [3.05, 3.63) is 36.5 Å². The van der Waals surface area contributed by atoms with Crippen LogP contribution >= 0.6 is 0 Å². The molecule has 1 aliphatic rings. The molecule has 0 amide bonds. The molecule has 1 saturated carbocycles. The Hall–Kier alpha value is -0.820.